The molecule has 0 aliphatic rings. The van der Waals surface area contributed by atoms with Crippen LogP contribution in [0.5, 0.6) is 0 Å². The van der Waals surface area contributed by atoms with E-state index in [1.165, 1.54) is 0 Å². The van der Waals surface area contributed by atoms with Crippen molar-refractivity contribution in [2.75, 3.05) is 32.8 Å². The van der Waals surface area contributed by atoms with E-state index in [4.69, 9.17) is 4.74 Å². The molecule has 102 valence electrons. The summed E-state index contributed by atoms with van der Waals surface area (Å²) in [6, 6.07) is 0. The lowest BCUT2D eigenvalue weighted by Crippen LogP contribution is -2.36. The summed E-state index contributed by atoms with van der Waals surface area (Å²) < 4.78 is 5.44. The average molecular weight is 244 g/mol. The zero-order valence-corrected chi connectivity index (χ0v) is 11.7. The SMILES string of the molecule is CCNCC(C)C(=O)NCCCOCC(C)C. The van der Waals surface area contributed by atoms with Gasteiger partial charge in [-0.2, -0.15) is 0 Å². The van der Waals surface area contributed by atoms with Gasteiger partial charge in [-0.3, -0.25) is 4.79 Å². The molecule has 17 heavy (non-hydrogen) atoms. The summed E-state index contributed by atoms with van der Waals surface area (Å²) in [7, 11) is 0. The molecule has 0 bridgehead atoms. The number of ether oxygens (including phenoxy) is 1. The molecule has 0 heterocycles. The molecule has 0 aromatic heterocycles. The van der Waals surface area contributed by atoms with Crippen LogP contribution in [0.2, 0.25) is 0 Å². The van der Waals surface area contributed by atoms with Crippen molar-refractivity contribution in [3.63, 3.8) is 0 Å². The van der Waals surface area contributed by atoms with Crippen molar-refractivity contribution in [1.29, 1.82) is 0 Å². The fourth-order valence-corrected chi connectivity index (χ4v) is 1.33. The molecule has 4 heteroatoms. The molecule has 0 saturated carbocycles. The molecule has 0 aliphatic heterocycles. The Balaban J connectivity index is 3.38. The fourth-order valence-electron chi connectivity index (χ4n) is 1.33. The van der Waals surface area contributed by atoms with Crippen molar-refractivity contribution in [1.82, 2.24) is 10.6 Å². The molecule has 0 rings (SSSR count). The first kappa shape index (κ1) is 16.4. The average Bonchev–Trinajstić information content (AvgIpc) is 2.29. The number of carbonyl (C=O) groups excluding carboxylic acids is 1. The third-order valence-corrected chi connectivity index (χ3v) is 2.36. The van der Waals surface area contributed by atoms with Gasteiger partial charge >= 0.3 is 0 Å². The second-order valence-electron chi connectivity index (χ2n) is 4.82. The minimum atomic E-state index is 0.0338. The predicted octanol–water partition coefficient (Wildman–Crippen LogP) is 1.41. The fraction of sp³-hybridized carbons (Fsp3) is 0.923. The molecule has 2 N–H and O–H groups in total. The third-order valence-electron chi connectivity index (χ3n) is 2.36. The van der Waals surface area contributed by atoms with E-state index in [1.807, 2.05) is 13.8 Å². The zero-order chi connectivity index (χ0) is 13.1. The molecule has 0 aromatic rings. The molecule has 0 radical (unpaired) electrons. The number of hydrogen-bond acceptors (Lipinski definition) is 3. The van der Waals surface area contributed by atoms with E-state index in [0.717, 1.165) is 32.7 Å². The third kappa shape index (κ3) is 10.3. The molecule has 0 aromatic carbocycles. The van der Waals surface area contributed by atoms with Gasteiger partial charge in [0.2, 0.25) is 5.91 Å². The van der Waals surface area contributed by atoms with Crippen LogP contribution in [0.4, 0.5) is 0 Å². The largest absolute Gasteiger partial charge is 0.381 e. The van der Waals surface area contributed by atoms with Crippen LogP contribution in [0.1, 0.15) is 34.1 Å². The van der Waals surface area contributed by atoms with Crippen molar-refractivity contribution in [2.45, 2.75) is 34.1 Å². The van der Waals surface area contributed by atoms with Gasteiger partial charge in [-0.05, 0) is 18.9 Å². The van der Waals surface area contributed by atoms with Gasteiger partial charge < -0.3 is 15.4 Å². The van der Waals surface area contributed by atoms with E-state index >= 15 is 0 Å². The molecule has 1 amide bonds. The number of amides is 1. The highest BCUT2D eigenvalue weighted by molar-refractivity contribution is 5.78. The minimum Gasteiger partial charge on any atom is -0.381 e. The Kier molecular flexibility index (Phi) is 10.2. The molecule has 0 saturated heterocycles. The standard InChI is InChI=1S/C13H28N2O2/c1-5-14-9-12(4)13(16)15-7-6-8-17-10-11(2)3/h11-12,14H,5-10H2,1-4H3,(H,15,16). The zero-order valence-electron chi connectivity index (χ0n) is 11.7. The van der Waals surface area contributed by atoms with Gasteiger partial charge in [0, 0.05) is 32.2 Å². The summed E-state index contributed by atoms with van der Waals surface area (Å²) in [5.41, 5.74) is 0. The lowest BCUT2D eigenvalue weighted by Gasteiger charge is -2.12. The Morgan fingerprint density at radius 1 is 1.29 bits per heavy atom. The van der Waals surface area contributed by atoms with E-state index in [-0.39, 0.29) is 11.8 Å². The van der Waals surface area contributed by atoms with Crippen LogP contribution in [-0.2, 0) is 9.53 Å². The summed E-state index contributed by atoms with van der Waals surface area (Å²) >= 11 is 0. The number of rotatable bonds is 10. The molecule has 0 spiro atoms. The second-order valence-corrected chi connectivity index (χ2v) is 4.82. The first-order valence-electron chi connectivity index (χ1n) is 6.64. The van der Waals surface area contributed by atoms with Gasteiger partial charge in [0.1, 0.15) is 0 Å². The smallest absolute Gasteiger partial charge is 0.224 e. The van der Waals surface area contributed by atoms with Crippen LogP contribution in [0.15, 0.2) is 0 Å². The highest BCUT2D eigenvalue weighted by Crippen LogP contribution is 1.94. The predicted molar refractivity (Wildman–Crippen MR) is 71.0 cm³/mol. The lowest BCUT2D eigenvalue weighted by atomic mass is 10.1. The monoisotopic (exact) mass is 244 g/mol. The van der Waals surface area contributed by atoms with E-state index < -0.39 is 0 Å². The molecular weight excluding hydrogens is 216 g/mol. The quantitative estimate of drug-likeness (QED) is 0.571. The summed E-state index contributed by atoms with van der Waals surface area (Å²) in [6.07, 6.45) is 0.881. The Bertz CT molecular complexity index is 196. The highest BCUT2D eigenvalue weighted by Gasteiger charge is 2.10. The maximum absolute atomic E-state index is 11.6. The van der Waals surface area contributed by atoms with Crippen molar-refractivity contribution in [3.8, 4) is 0 Å². The maximum atomic E-state index is 11.6. The molecule has 4 nitrogen and oxygen atoms in total. The van der Waals surface area contributed by atoms with Gasteiger partial charge in [-0.15, -0.1) is 0 Å². The van der Waals surface area contributed by atoms with Gasteiger partial charge in [0.25, 0.3) is 0 Å². The van der Waals surface area contributed by atoms with Crippen molar-refractivity contribution in [2.24, 2.45) is 11.8 Å². The van der Waals surface area contributed by atoms with E-state index in [9.17, 15) is 4.79 Å². The summed E-state index contributed by atoms with van der Waals surface area (Å²) in [4.78, 5) is 11.6. The van der Waals surface area contributed by atoms with Crippen LogP contribution in [0.25, 0.3) is 0 Å². The first-order chi connectivity index (χ1) is 8.07. The summed E-state index contributed by atoms with van der Waals surface area (Å²) in [5.74, 6) is 0.728. The summed E-state index contributed by atoms with van der Waals surface area (Å²) in [5, 5.41) is 6.09. The van der Waals surface area contributed by atoms with Crippen molar-refractivity contribution in [3.05, 3.63) is 0 Å². The normalized spacial score (nSPS) is 12.8. The number of nitrogens with one attached hydrogen (secondary N) is 2. The molecule has 1 unspecified atom stereocenters. The molecule has 1 atom stereocenters. The van der Waals surface area contributed by atoms with E-state index in [2.05, 4.69) is 24.5 Å². The highest BCUT2D eigenvalue weighted by atomic mass is 16.5. The lowest BCUT2D eigenvalue weighted by molar-refractivity contribution is -0.124. The van der Waals surface area contributed by atoms with Crippen LogP contribution in [0.3, 0.4) is 0 Å². The minimum absolute atomic E-state index is 0.0338. The van der Waals surface area contributed by atoms with E-state index in [1.54, 1.807) is 0 Å². The van der Waals surface area contributed by atoms with Gasteiger partial charge in [-0.1, -0.05) is 27.7 Å². The van der Waals surface area contributed by atoms with Crippen LogP contribution in [0, 0.1) is 11.8 Å². The molecule has 0 fully saturated rings. The van der Waals surface area contributed by atoms with Crippen molar-refractivity contribution < 1.29 is 9.53 Å². The van der Waals surface area contributed by atoms with Crippen LogP contribution < -0.4 is 10.6 Å². The summed E-state index contributed by atoms with van der Waals surface area (Å²) in [6.45, 7) is 12.1. The topological polar surface area (TPSA) is 50.4 Å². The molecular formula is C13H28N2O2. The Morgan fingerprint density at radius 2 is 2.00 bits per heavy atom. The maximum Gasteiger partial charge on any atom is 0.224 e. The van der Waals surface area contributed by atoms with Gasteiger partial charge in [0.05, 0.1) is 0 Å². The molecule has 0 aliphatic carbocycles. The van der Waals surface area contributed by atoms with E-state index in [0.29, 0.717) is 12.5 Å². The van der Waals surface area contributed by atoms with Crippen LogP contribution >= 0.6 is 0 Å². The second kappa shape index (κ2) is 10.5. The van der Waals surface area contributed by atoms with Crippen molar-refractivity contribution >= 4 is 5.91 Å². The number of hydrogen-bond donors (Lipinski definition) is 2. The number of carbonyl (C=O) groups is 1. The van der Waals surface area contributed by atoms with Gasteiger partial charge in [-0.25, -0.2) is 0 Å². The Labute approximate surface area is 105 Å². The Morgan fingerprint density at radius 3 is 2.59 bits per heavy atom. The van der Waals surface area contributed by atoms with Gasteiger partial charge in [0.15, 0.2) is 0 Å². The Hall–Kier alpha value is -0.610. The van der Waals surface area contributed by atoms with Crippen LogP contribution in [-0.4, -0.2) is 38.8 Å². The first-order valence-corrected chi connectivity index (χ1v) is 6.64.